The third-order valence-electron chi connectivity index (χ3n) is 8.44. The zero-order chi connectivity index (χ0) is 35.7. The summed E-state index contributed by atoms with van der Waals surface area (Å²) in [6, 6.07) is 8.51. The van der Waals surface area contributed by atoms with Crippen molar-refractivity contribution in [2.24, 2.45) is 5.92 Å². The molecule has 4 rings (SSSR count). The van der Waals surface area contributed by atoms with Gasteiger partial charge in [0.1, 0.15) is 5.75 Å². The molecule has 4 atom stereocenters. The van der Waals surface area contributed by atoms with E-state index in [1.54, 1.807) is 37.3 Å². The second-order valence-corrected chi connectivity index (χ2v) is 12.5. The van der Waals surface area contributed by atoms with Gasteiger partial charge in [-0.15, -0.1) is 0 Å². The van der Waals surface area contributed by atoms with Crippen molar-refractivity contribution >= 4 is 29.2 Å². The van der Waals surface area contributed by atoms with E-state index in [9.17, 15) is 32.7 Å². The quantitative estimate of drug-likeness (QED) is 0.322. The van der Waals surface area contributed by atoms with E-state index in [0.717, 1.165) is 6.42 Å². The lowest BCUT2D eigenvalue weighted by atomic mass is 10.0. The molecular weight excluding hydrogens is 649 g/mol. The molecule has 0 spiro atoms. The van der Waals surface area contributed by atoms with Gasteiger partial charge in [-0.25, -0.2) is 4.79 Å². The third-order valence-corrected chi connectivity index (χ3v) is 8.44. The number of alkyl halides is 3. The highest BCUT2D eigenvalue weighted by Gasteiger charge is 2.32. The van der Waals surface area contributed by atoms with Crippen LogP contribution in [0, 0.1) is 5.92 Å². The molecule has 0 radical (unpaired) electrons. The second-order valence-electron chi connectivity index (χ2n) is 12.5. The van der Waals surface area contributed by atoms with E-state index in [1.807, 2.05) is 13.8 Å². The van der Waals surface area contributed by atoms with Crippen molar-refractivity contribution in [1.82, 2.24) is 9.80 Å². The van der Waals surface area contributed by atoms with Crippen LogP contribution in [-0.2, 0) is 9.53 Å². The van der Waals surface area contributed by atoms with Gasteiger partial charge in [0.15, 0.2) is 11.5 Å². The Morgan fingerprint density at radius 1 is 1.04 bits per heavy atom. The average molecular weight is 695 g/mol. The maximum absolute atomic E-state index is 14.3. The largest absolute Gasteiger partial charge is 0.490 e. The topological polar surface area (TPSA) is 139 Å². The molecule has 49 heavy (non-hydrogen) atoms. The minimum absolute atomic E-state index is 0.0239. The van der Waals surface area contributed by atoms with Gasteiger partial charge in [-0.3, -0.25) is 9.59 Å². The second kappa shape index (κ2) is 16.9. The molecule has 2 aliphatic heterocycles. The Bertz CT molecular complexity index is 1460. The molecular formula is C34H45F3N4O8. The summed E-state index contributed by atoms with van der Waals surface area (Å²) < 4.78 is 61.3. The number of amides is 4. The van der Waals surface area contributed by atoms with Crippen LogP contribution >= 0.6 is 0 Å². The number of likely N-dealkylation sites (N-methyl/N-ethyl adjacent to an activating group) is 1. The Balaban J connectivity index is 1.56. The molecule has 4 amide bonds. The van der Waals surface area contributed by atoms with Crippen LogP contribution in [0.2, 0.25) is 0 Å². The highest BCUT2D eigenvalue weighted by molar-refractivity contribution is 6.02. The van der Waals surface area contributed by atoms with Gasteiger partial charge in [-0.2, -0.15) is 13.2 Å². The van der Waals surface area contributed by atoms with Crippen LogP contribution in [0.4, 0.5) is 29.3 Å². The Morgan fingerprint density at radius 2 is 1.71 bits per heavy atom. The number of anilines is 2. The summed E-state index contributed by atoms with van der Waals surface area (Å²) in [6.45, 7) is 5.58. The van der Waals surface area contributed by atoms with E-state index in [2.05, 4.69) is 10.6 Å². The van der Waals surface area contributed by atoms with Gasteiger partial charge in [0, 0.05) is 56.5 Å². The van der Waals surface area contributed by atoms with Crippen LogP contribution in [0.25, 0.3) is 0 Å². The molecule has 0 aliphatic carbocycles. The fourth-order valence-electron chi connectivity index (χ4n) is 5.54. The van der Waals surface area contributed by atoms with Crippen LogP contribution in [0.3, 0.4) is 0 Å². The zero-order valence-electron chi connectivity index (χ0n) is 28.2. The summed E-state index contributed by atoms with van der Waals surface area (Å²) in [5, 5.41) is 15.6. The molecule has 0 bridgehead atoms. The van der Waals surface area contributed by atoms with E-state index in [0.29, 0.717) is 48.1 Å². The number of halogens is 3. The predicted molar refractivity (Wildman–Crippen MR) is 175 cm³/mol. The first-order valence-corrected chi connectivity index (χ1v) is 16.4. The minimum atomic E-state index is -4.45. The van der Waals surface area contributed by atoms with Crippen molar-refractivity contribution in [1.29, 1.82) is 0 Å². The lowest BCUT2D eigenvalue weighted by molar-refractivity contribution is -0.149. The summed E-state index contributed by atoms with van der Waals surface area (Å²) in [6.07, 6.45) is -5.18. The molecule has 3 N–H and O–H groups in total. The van der Waals surface area contributed by atoms with E-state index in [-0.39, 0.29) is 38.2 Å². The van der Waals surface area contributed by atoms with Crippen molar-refractivity contribution in [3.05, 3.63) is 42.0 Å². The number of carbonyl (C=O) groups excluding carboxylic acids is 3. The van der Waals surface area contributed by atoms with Crippen molar-refractivity contribution < 1.29 is 51.6 Å². The van der Waals surface area contributed by atoms with Gasteiger partial charge in [-0.1, -0.05) is 6.92 Å². The highest BCUT2D eigenvalue weighted by atomic mass is 19.4. The molecule has 0 saturated carbocycles. The van der Waals surface area contributed by atoms with Crippen LogP contribution in [-0.4, -0.2) is 97.3 Å². The standard InChI is InChI=1S/C34H45F3N4O8/c1-21-17-41(22(2)19-42)32(44)26-15-24(38-33(45)39-25-9-11-28-29(16-25)48-20-47-28)8-10-27(26)49-23(3)7-5-6-14-46-30(21)18-40(4)31(43)12-13-34(35,36)37/h8-11,15-16,21-23,30,42H,5-7,12-14,17-20H2,1-4H3,(H2,38,39,45)/t21-,22-,23+,30-/m0/s1. The van der Waals surface area contributed by atoms with Crippen LogP contribution in [0.5, 0.6) is 17.2 Å². The average Bonchev–Trinajstić information content (AvgIpc) is 3.52. The molecule has 2 heterocycles. The van der Waals surface area contributed by atoms with Crippen LogP contribution < -0.4 is 24.8 Å². The molecule has 0 saturated heterocycles. The number of nitrogens with one attached hydrogen (secondary N) is 2. The lowest BCUT2D eigenvalue weighted by Crippen LogP contribution is -2.48. The Morgan fingerprint density at radius 3 is 2.41 bits per heavy atom. The summed E-state index contributed by atoms with van der Waals surface area (Å²) in [4.78, 5) is 42.5. The number of rotatable bonds is 8. The molecule has 2 aromatic rings. The number of nitrogens with zero attached hydrogens (tertiary/aromatic N) is 2. The molecule has 270 valence electrons. The van der Waals surface area contributed by atoms with E-state index in [1.165, 1.54) is 22.9 Å². The zero-order valence-corrected chi connectivity index (χ0v) is 28.2. The highest BCUT2D eigenvalue weighted by Crippen LogP contribution is 2.34. The number of fused-ring (bicyclic) bond motifs is 2. The number of benzene rings is 2. The summed E-state index contributed by atoms with van der Waals surface area (Å²) in [5.41, 5.74) is 0.941. The van der Waals surface area contributed by atoms with Gasteiger partial charge in [0.2, 0.25) is 12.7 Å². The van der Waals surface area contributed by atoms with Crippen LogP contribution in [0.15, 0.2) is 36.4 Å². The van der Waals surface area contributed by atoms with Gasteiger partial charge in [-0.05, 0) is 63.4 Å². The van der Waals surface area contributed by atoms with Gasteiger partial charge < -0.3 is 44.5 Å². The molecule has 2 aromatic carbocycles. The van der Waals surface area contributed by atoms with Crippen LogP contribution in [0.1, 0.15) is 63.2 Å². The molecule has 0 aromatic heterocycles. The number of aliphatic hydroxyl groups excluding tert-OH is 1. The maximum atomic E-state index is 14.3. The fraction of sp³-hybridized carbons (Fsp3) is 0.559. The number of urea groups is 1. The maximum Gasteiger partial charge on any atom is 0.389 e. The molecule has 0 fully saturated rings. The van der Waals surface area contributed by atoms with E-state index in [4.69, 9.17) is 18.9 Å². The van der Waals surface area contributed by atoms with Crippen molar-refractivity contribution in [3.8, 4) is 17.2 Å². The molecule has 2 aliphatic rings. The summed E-state index contributed by atoms with van der Waals surface area (Å²) in [7, 11) is 1.44. The van der Waals surface area contributed by atoms with E-state index < -0.39 is 54.9 Å². The smallest absolute Gasteiger partial charge is 0.389 e. The molecule has 0 unspecified atom stereocenters. The monoisotopic (exact) mass is 694 g/mol. The van der Waals surface area contributed by atoms with Crippen molar-refractivity contribution in [3.63, 3.8) is 0 Å². The Hall–Kier alpha value is -4.24. The Labute approximate surface area is 283 Å². The molecule has 12 nitrogen and oxygen atoms in total. The predicted octanol–water partition coefficient (Wildman–Crippen LogP) is 5.66. The summed E-state index contributed by atoms with van der Waals surface area (Å²) in [5.74, 6) is -0.147. The number of ether oxygens (including phenoxy) is 4. The van der Waals surface area contributed by atoms with Gasteiger partial charge in [0.05, 0.1) is 36.8 Å². The third kappa shape index (κ3) is 10.9. The number of aliphatic hydroxyl groups is 1. The first kappa shape index (κ1) is 37.6. The normalized spacial score (nSPS) is 20.8. The first-order valence-electron chi connectivity index (χ1n) is 16.4. The van der Waals surface area contributed by atoms with E-state index >= 15 is 0 Å². The SMILES string of the molecule is C[C@@H]1CCCCO[C@@H](CN(C)C(=O)CCC(F)(F)F)[C@@H](C)CN([C@@H](C)CO)C(=O)c2cc(NC(=O)Nc3ccc4c(c3)OCO4)ccc2O1. The van der Waals surface area contributed by atoms with Crippen molar-refractivity contribution in [2.75, 3.05) is 50.8 Å². The molecule has 15 heteroatoms. The van der Waals surface area contributed by atoms with Gasteiger partial charge >= 0.3 is 12.2 Å². The lowest BCUT2D eigenvalue weighted by Gasteiger charge is -2.36. The summed E-state index contributed by atoms with van der Waals surface area (Å²) >= 11 is 0. The number of carbonyl (C=O) groups is 3. The fourth-order valence-corrected chi connectivity index (χ4v) is 5.54. The number of hydrogen-bond acceptors (Lipinski definition) is 8. The van der Waals surface area contributed by atoms with Gasteiger partial charge in [0.25, 0.3) is 5.91 Å². The number of hydrogen-bond donors (Lipinski definition) is 3. The van der Waals surface area contributed by atoms with Crippen molar-refractivity contribution in [2.45, 2.75) is 77.3 Å². The minimum Gasteiger partial charge on any atom is -0.490 e. The Kier molecular flexibility index (Phi) is 13.0. The first-order chi connectivity index (χ1) is 23.2.